The third kappa shape index (κ3) is 5.85. The number of nitrogens with zero attached hydrogens (tertiary/aromatic N) is 3. The van der Waals surface area contributed by atoms with E-state index in [1.165, 1.54) is 56.9 Å². The summed E-state index contributed by atoms with van der Waals surface area (Å²) in [4.78, 5) is 34.1. The van der Waals surface area contributed by atoms with Gasteiger partial charge in [0.05, 0.1) is 5.92 Å². The monoisotopic (exact) mass is 487 g/mol. The van der Waals surface area contributed by atoms with Gasteiger partial charge in [-0.2, -0.15) is 0 Å². The molecular weight excluding hydrogens is 450 g/mol. The molecule has 1 unspecified atom stereocenters. The van der Waals surface area contributed by atoms with Gasteiger partial charge in [0, 0.05) is 43.0 Å². The van der Waals surface area contributed by atoms with E-state index in [1.54, 1.807) is 4.90 Å². The van der Waals surface area contributed by atoms with Crippen LogP contribution in [-0.4, -0.2) is 44.9 Å². The summed E-state index contributed by atoms with van der Waals surface area (Å²) in [6.45, 7) is 0.664. The lowest BCUT2D eigenvalue weighted by atomic mass is 9.77. The Morgan fingerprint density at radius 2 is 1.58 bits per heavy atom. The van der Waals surface area contributed by atoms with Crippen molar-refractivity contribution in [3.63, 3.8) is 0 Å². The Bertz CT molecular complexity index is 1080. The van der Waals surface area contributed by atoms with Crippen LogP contribution in [0.2, 0.25) is 0 Å². The molecule has 3 aliphatic rings. The van der Waals surface area contributed by atoms with E-state index in [0.29, 0.717) is 25.9 Å². The van der Waals surface area contributed by atoms with Gasteiger partial charge >= 0.3 is 5.97 Å². The summed E-state index contributed by atoms with van der Waals surface area (Å²) in [7, 11) is 0. The van der Waals surface area contributed by atoms with E-state index in [1.807, 2.05) is 36.7 Å². The molecule has 1 aromatic carbocycles. The molecule has 6 heteroatoms. The molecule has 1 atom stereocenters. The number of rotatable bonds is 7. The highest BCUT2D eigenvalue weighted by atomic mass is 16.4. The normalized spacial score (nSPS) is 21.4. The number of carboxylic acids is 1. The summed E-state index contributed by atoms with van der Waals surface area (Å²) in [5.74, 6) is 1.29. The fourth-order valence-electron chi connectivity index (χ4n) is 6.08. The average molecular weight is 488 g/mol. The summed E-state index contributed by atoms with van der Waals surface area (Å²) >= 11 is 0. The molecule has 1 amide bonds. The van der Waals surface area contributed by atoms with Gasteiger partial charge in [-0.25, -0.2) is 9.97 Å². The van der Waals surface area contributed by atoms with Gasteiger partial charge < -0.3 is 10.0 Å². The van der Waals surface area contributed by atoms with Gasteiger partial charge in [-0.15, -0.1) is 0 Å². The molecule has 0 spiro atoms. The van der Waals surface area contributed by atoms with Crippen molar-refractivity contribution in [2.45, 2.75) is 70.6 Å². The number of likely N-dealkylation sites (tertiary alicyclic amines) is 1. The van der Waals surface area contributed by atoms with Crippen LogP contribution >= 0.6 is 0 Å². The number of hydrogen-bond donors (Lipinski definition) is 1. The van der Waals surface area contributed by atoms with E-state index in [4.69, 9.17) is 5.11 Å². The van der Waals surface area contributed by atoms with Crippen molar-refractivity contribution in [3.05, 3.63) is 53.9 Å². The third-order valence-electron chi connectivity index (χ3n) is 8.45. The number of hydrogen-bond acceptors (Lipinski definition) is 4. The van der Waals surface area contributed by atoms with Crippen LogP contribution < -0.4 is 0 Å². The number of aliphatic carboxylic acids is 1. The zero-order valence-electron chi connectivity index (χ0n) is 21.1. The first-order valence-corrected chi connectivity index (χ1v) is 13.7. The number of carbonyl (C=O) groups is 2. The molecule has 5 rings (SSSR count). The number of aryl methyl sites for hydroxylation is 1. The summed E-state index contributed by atoms with van der Waals surface area (Å²) in [5.41, 5.74) is 4.59. The number of benzene rings is 1. The van der Waals surface area contributed by atoms with E-state index in [2.05, 4.69) is 16.0 Å². The second-order valence-electron chi connectivity index (χ2n) is 10.8. The fraction of sp³-hybridized carbons (Fsp3) is 0.533. The highest BCUT2D eigenvalue weighted by Crippen LogP contribution is 2.38. The topological polar surface area (TPSA) is 83.4 Å². The van der Waals surface area contributed by atoms with Gasteiger partial charge in [-0.3, -0.25) is 9.59 Å². The zero-order valence-corrected chi connectivity index (χ0v) is 21.1. The van der Waals surface area contributed by atoms with Crippen LogP contribution in [0.1, 0.15) is 75.3 Å². The molecule has 1 aromatic heterocycles. The van der Waals surface area contributed by atoms with E-state index < -0.39 is 11.9 Å². The lowest BCUT2D eigenvalue weighted by Gasteiger charge is -2.36. The lowest BCUT2D eigenvalue weighted by Crippen LogP contribution is -2.53. The van der Waals surface area contributed by atoms with Crippen LogP contribution in [0.25, 0.3) is 17.0 Å². The first-order chi connectivity index (χ1) is 17.6. The Morgan fingerprint density at radius 3 is 2.28 bits per heavy atom. The Morgan fingerprint density at radius 1 is 0.889 bits per heavy atom. The van der Waals surface area contributed by atoms with Gasteiger partial charge in [0.2, 0.25) is 5.91 Å². The van der Waals surface area contributed by atoms with Gasteiger partial charge in [-0.1, -0.05) is 62.4 Å². The van der Waals surface area contributed by atoms with Crippen LogP contribution in [0.5, 0.6) is 0 Å². The van der Waals surface area contributed by atoms with Gasteiger partial charge in [0.25, 0.3) is 0 Å². The summed E-state index contributed by atoms with van der Waals surface area (Å²) in [6.07, 6.45) is 19.5. The Kier molecular flexibility index (Phi) is 7.78. The van der Waals surface area contributed by atoms with Crippen LogP contribution in [0.4, 0.5) is 0 Å². The molecule has 0 radical (unpaired) electrons. The van der Waals surface area contributed by atoms with Crippen molar-refractivity contribution in [1.82, 2.24) is 14.9 Å². The van der Waals surface area contributed by atoms with E-state index >= 15 is 0 Å². The molecule has 1 aliphatic heterocycles. The second-order valence-corrected chi connectivity index (χ2v) is 10.8. The first kappa shape index (κ1) is 24.7. The quantitative estimate of drug-likeness (QED) is 0.536. The molecule has 2 fully saturated rings. The van der Waals surface area contributed by atoms with Crippen LogP contribution in [0, 0.1) is 17.8 Å². The molecule has 0 bridgehead atoms. The van der Waals surface area contributed by atoms with E-state index in [-0.39, 0.29) is 5.91 Å². The predicted octanol–water partition coefficient (Wildman–Crippen LogP) is 5.77. The fourth-order valence-corrected chi connectivity index (χ4v) is 6.08. The average Bonchev–Trinajstić information content (AvgIpc) is 3.14. The Balaban J connectivity index is 1.14. The van der Waals surface area contributed by atoms with Gasteiger partial charge in [0.15, 0.2) is 5.82 Å². The standard InChI is InChI=1S/C30H37N3O3/c34-28(33-19-27(20-33)30(35)36)16-11-21-9-12-25(13-10-21)29-31-17-26(18-32-29)24-8-4-7-23(14-15-24)22-5-2-1-3-6-22/h9-10,12-13,15,17-18,22-23,27H,1-8,11,14,16,19-20H2,(H,35,36). The largest absolute Gasteiger partial charge is 0.481 e. The minimum Gasteiger partial charge on any atom is -0.481 e. The van der Waals surface area contributed by atoms with Crippen molar-refractivity contribution in [3.8, 4) is 11.4 Å². The summed E-state index contributed by atoms with van der Waals surface area (Å²) in [6, 6.07) is 8.07. The SMILES string of the molecule is O=C(O)C1CN(C(=O)CCc2ccc(-c3ncc(C4=CCC(C5CCCCC5)CCC4)cn3)cc2)C1. The Hall–Kier alpha value is -3.02. The minimum atomic E-state index is -0.820. The predicted molar refractivity (Wildman–Crippen MR) is 140 cm³/mol. The molecular formula is C30H37N3O3. The maximum Gasteiger partial charge on any atom is 0.310 e. The Labute approximate surface area is 213 Å². The second kappa shape index (κ2) is 11.4. The molecule has 2 aliphatic carbocycles. The third-order valence-corrected chi connectivity index (χ3v) is 8.45. The van der Waals surface area contributed by atoms with Crippen molar-refractivity contribution < 1.29 is 14.7 Å². The summed E-state index contributed by atoms with van der Waals surface area (Å²) < 4.78 is 0. The molecule has 2 heterocycles. The van der Waals surface area contributed by atoms with Crippen LogP contribution in [0.3, 0.4) is 0 Å². The van der Waals surface area contributed by atoms with Crippen molar-refractivity contribution >= 4 is 17.4 Å². The maximum atomic E-state index is 12.2. The molecule has 190 valence electrons. The van der Waals surface area contributed by atoms with Crippen molar-refractivity contribution in [2.24, 2.45) is 17.8 Å². The summed E-state index contributed by atoms with van der Waals surface area (Å²) in [5, 5.41) is 8.96. The minimum absolute atomic E-state index is 0.0216. The number of aromatic nitrogens is 2. The molecule has 2 aromatic rings. The maximum absolute atomic E-state index is 12.2. The van der Waals surface area contributed by atoms with Gasteiger partial charge in [0.1, 0.15) is 0 Å². The molecule has 1 N–H and O–H groups in total. The van der Waals surface area contributed by atoms with Crippen LogP contribution in [-0.2, 0) is 16.0 Å². The first-order valence-electron chi connectivity index (χ1n) is 13.7. The van der Waals surface area contributed by atoms with Crippen LogP contribution in [0.15, 0.2) is 42.7 Å². The number of carboxylic acid groups (broad SMARTS) is 1. The van der Waals surface area contributed by atoms with Gasteiger partial charge in [-0.05, 0) is 55.1 Å². The molecule has 1 saturated heterocycles. The molecule has 36 heavy (non-hydrogen) atoms. The highest BCUT2D eigenvalue weighted by Gasteiger charge is 2.35. The molecule has 1 saturated carbocycles. The smallest absolute Gasteiger partial charge is 0.310 e. The van der Waals surface area contributed by atoms with Crippen molar-refractivity contribution in [2.75, 3.05) is 13.1 Å². The molecule has 6 nitrogen and oxygen atoms in total. The number of allylic oxidation sites excluding steroid dienone is 2. The number of amides is 1. The lowest BCUT2D eigenvalue weighted by molar-refractivity contribution is -0.152. The zero-order chi connectivity index (χ0) is 24.9. The number of carbonyl (C=O) groups excluding carboxylic acids is 1. The van der Waals surface area contributed by atoms with Crippen molar-refractivity contribution in [1.29, 1.82) is 0 Å². The highest BCUT2D eigenvalue weighted by molar-refractivity contribution is 5.81. The van der Waals surface area contributed by atoms with E-state index in [9.17, 15) is 9.59 Å². The van der Waals surface area contributed by atoms with E-state index in [0.717, 1.165) is 40.8 Å².